The van der Waals surface area contributed by atoms with Gasteiger partial charge in [-0.25, -0.2) is 0 Å². The van der Waals surface area contributed by atoms with E-state index in [1.165, 1.54) is 11.7 Å². The quantitative estimate of drug-likeness (QED) is 0.859. The number of hydrogen-bond acceptors (Lipinski definition) is 4. The SMILES string of the molecule is COc1ccc(C)cc1NC(=O)Cn1c(C)cc(C)c(C(N)=O)c1=O. The van der Waals surface area contributed by atoms with Gasteiger partial charge in [0.15, 0.2) is 0 Å². The van der Waals surface area contributed by atoms with Gasteiger partial charge in [0.25, 0.3) is 11.5 Å². The van der Waals surface area contributed by atoms with E-state index in [1.54, 1.807) is 32.0 Å². The molecule has 3 N–H and O–H groups in total. The Morgan fingerprint density at radius 2 is 1.88 bits per heavy atom. The smallest absolute Gasteiger partial charge is 0.264 e. The number of nitrogens with zero attached hydrogens (tertiary/aromatic N) is 1. The van der Waals surface area contributed by atoms with Crippen LogP contribution in [0, 0.1) is 20.8 Å². The molecule has 132 valence electrons. The molecule has 0 saturated carbocycles. The fourth-order valence-corrected chi connectivity index (χ4v) is 2.68. The summed E-state index contributed by atoms with van der Waals surface area (Å²) in [4.78, 5) is 36.4. The molecule has 0 radical (unpaired) electrons. The summed E-state index contributed by atoms with van der Waals surface area (Å²) < 4.78 is 6.45. The first-order valence-electron chi connectivity index (χ1n) is 7.70. The number of ether oxygens (including phenoxy) is 1. The number of methoxy groups -OCH3 is 1. The van der Waals surface area contributed by atoms with Gasteiger partial charge in [0.2, 0.25) is 5.91 Å². The van der Waals surface area contributed by atoms with Gasteiger partial charge in [-0.3, -0.25) is 14.4 Å². The Balaban J connectivity index is 2.33. The highest BCUT2D eigenvalue weighted by molar-refractivity contribution is 5.94. The highest BCUT2D eigenvalue weighted by Gasteiger charge is 2.17. The van der Waals surface area contributed by atoms with Crippen molar-refractivity contribution in [2.45, 2.75) is 27.3 Å². The van der Waals surface area contributed by atoms with Crippen molar-refractivity contribution in [2.24, 2.45) is 5.73 Å². The fourth-order valence-electron chi connectivity index (χ4n) is 2.68. The summed E-state index contributed by atoms with van der Waals surface area (Å²) in [6.07, 6.45) is 0. The van der Waals surface area contributed by atoms with Crippen molar-refractivity contribution in [1.82, 2.24) is 4.57 Å². The molecule has 2 amide bonds. The Morgan fingerprint density at radius 3 is 2.48 bits per heavy atom. The number of carbonyl (C=O) groups excluding carboxylic acids is 2. The summed E-state index contributed by atoms with van der Waals surface area (Å²) in [5, 5.41) is 2.73. The van der Waals surface area contributed by atoms with Crippen LogP contribution in [-0.2, 0) is 11.3 Å². The number of hydrogen-bond donors (Lipinski definition) is 2. The summed E-state index contributed by atoms with van der Waals surface area (Å²) in [7, 11) is 1.51. The van der Waals surface area contributed by atoms with Crippen molar-refractivity contribution in [1.29, 1.82) is 0 Å². The van der Waals surface area contributed by atoms with E-state index in [0.29, 0.717) is 22.7 Å². The van der Waals surface area contributed by atoms with Gasteiger partial charge in [-0.1, -0.05) is 6.07 Å². The van der Waals surface area contributed by atoms with Crippen molar-refractivity contribution in [2.75, 3.05) is 12.4 Å². The van der Waals surface area contributed by atoms with Crippen LogP contribution >= 0.6 is 0 Å². The maximum absolute atomic E-state index is 12.5. The first-order valence-corrected chi connectivity index (χ1v) is 7.70. The summed E-state index contributed by atoms with van der Waals surface area (Å²) >= 11 is 0. The molecule has 0 aliphatic heterocycles. The number of aryl methyl sites for hydroxylation is 3. The van der Waals surface area contributed by atoms with E-state index >= 15 is 0 Å². The third kappa shape index (κ3) is 3.88. The van der Waals surface area contributed by atoms with Crippen molar-refractivity contribution in [3.8, 4) is 5.75 Å². The second-order valence-corrected chi connectivity index (χ2v) is 5.85. The average molecular weight is 343 g/mol. The summed E-state index contributed by atoms with van der Waals surface area (Å²) in [6, 6.07) is 7.04. The lowest BCUT2D eigenvalue weighted by atomic mass is 10.1. The van der Waals surface area contributed by atoms with Gasteiger partial charge in [-0.05, 0) is 50.1 Å². The van der Waals surface area contributed by atoms with Gasteiger partial charge < -0.3 is 20.4 Å². The number of aromatic nitrogens is 1. The third-order valence-electron chi connectivity index (χ3n) is 3.88. The number of amides is 2. The molecule has 2 aromatic rings. The molecule has 0 aliphatic carbocycles. The number of nitrogens with two attached hydrogens (primary N) is 1. The predicted octanol–water partition coefficient (Wildman–Crippen LogP) is 1.52. The number of rotatable bonds is 5. The topological polar surface area (TPSA) is 103 Å². The molecule has 0 unspecified atom stereocenters. The number of carbonyl (C=O) groups is 2. The lowest BCUT2D eigenvalue weighted by Crippen LogP contribution is -2.35. The molecule has 0 spiro atoms. The van der Waals surface area contributed by atoms with Crippen LogP contribution in [0.3, 0.4) is 0 Å². The molecule has 7 nitrogen and oxygen atoms in total. The molecule has 2 rings (SSSR count). The van der Waals surface area contributed by atoms with Crippen LogP contribution in [0.25, 0.3) is 0 Å². The molecular formula is C18H21N3O4. The van der Waals surface area contributed by atoms with E-state index in [-0.39, 0.29) is 12.1 Å². The zero-order valence-corrected chi connectivity index (χ0v) is 14.7. The number of nitrogens with one attached hydrogen (secondary N) is 1. The Bertz CT molecular complexity index is 900. The standard InChI is InChI=1S/C18H21N3O4/c1-10-5-6-14(25-4)13(7-10)20-15(22)9-21-12(3)8-11(2)16(17(19)23)18(21)24/h5-8H,9H2,1-4H3,(H2,19,23)(H,20,22). The Labute approximate surface area is 145 Å². The minimum atomic E-state index is -0.808. The molecule has 0 atom stereocenters. The van der Waals surface area contributed by atoms with E-state index in [1.807, 2.05) is 13.0 Å². The second-order valence-electron chi connectivity index (χ2n) is 5.85. The number of pyridine rings is 1. The van der Waals surface area contributed by atoms with Crippen LogP contribution < -0.4 is 21.3 Å². The molecule has 1 heterocycles. The van der Waals surface area contributed by atoms with Gasteiger partial charge in [0, 0.05) is 5.69 Å². The van der Waals surface area contributed by atoms with Crippen molar-refractivity contribution < 1.29 is 14.3 Å². The van der Waals surface area contributed by atoms with Crippen LogP contribution in [0.1, 0.15) is 27.2 Å². The lowest BCUT2D eigenvalue weighted by Gasteiger charge is -2.14. The van der Waals surface area contributed by atoms with Gasteiger partial charge in [0.05, 0.1) is 12.8 Å². The molecule has 25 heavy (non-hydrogen) atoms. The molecular weight excluding hydrogens is 322 g/mol. The van der Waals surface area contributed by atoms with Gasteiger partial charge >= 0.3 is 0 Å². The van der Waals surface area contributed by atoms with E-state index in [2.05, 4.69) is 5.32 Å². The zero-order valence-electron chi connectivity index (χ0n) is 14.7. The summed E-state index contributed by atoms with van der Waals surface area (Å²) in [5.41, 5.74) is 7.13. The molecule has 0 bridgehead atoms. The van der Waals surface area contributed by atoms with Crippen LogP contribution in [0.2, 0.25) is 0 Å². The molecule has 7 heteroatoms. The Hall–Kier alpha value is -3.09. The average Bonchev–Trinajstić information content (AvgIpc) is 2.51. The minimum Gasteiger partial charge on any atom is -0.495 e. The fraction of sp³-hybridized carbons (Fsp3) is 0.278. The second kappa shape index (κ2) is 7.21. The maximum atomic E-state index is 12.5. The molecule has 0 fully saturated rings. The van der Waals surface area contributed by atoms with Crippen LogP contribution in [-0.4, -0.2) is 23.5 Å². The number of benzene rings is 1. The van der Waals surface area contributed by atoms with Crippen molar-refractivity contribution in [3.05, 3.63) is 57.0 Å². The maximum Gasteiger partial charge on any atom is 0.264 e. The summed E-state index contributed by atoms with van der Waals surface area (Å²) in [5.74, 6) is -0.699. The van der Waals surface area contributed by atoms with E-state index in [4.69, 9.17) is 10.5 Å². The van der Waals surface area contributed by atoms with Gasteiger partial charge in [-0.15, -0.1) is 0 Å². The molecule has 1 aromatic carbocycles. The predicted molar refractivity (Wildman–Crippen MR) is 95.1 cm³/mol. The first kappa shape index (κ1) is 18.3. The van der Waals surface area contributed by atoms with Crippen LogP contribution in [0.15, 0.2) is 29.1 Å². The Morgan fingerprint density at radius 1 is 1.20 bits per heavy atom. The number of anilines is 1. The monoisotopic (exact) mass is 343 g/mol. The normalized spacial score (nSPS) is 10.4. The highest BCUT2D eigenvalue weighted by atomic mass is 16.5. The molecule has 0 saturated heterocycles. The number of primary amides is 1. The van der Waals surface area contributed by atoms with Gasteiger partial charge in [0.1, 0.15) is 17.9 Å². The minimum absolute atomic E-state index is 0.105. The van der Waals surface area contributed by atoms with E-state index in [9.17, 15) is 14.4 Å². The highest BCUT2D eigenvalue weighted by Crippen LogP contribution is 2.25. The van der Waals surface area contributed by atoms with Crippen LogP contribution in [0.4, 0.5) is 5.69 Å². The van der Waals surface area contributed by atoms with E-state index in [0.717, 1.165) is 5.56 Å². The lowest BCUT2D eigenvalue weighted by molar-refractivity contribution is -0.116. The van der Waals surface area contributed by atoms with E-state index < -0.39 is 17.4 Å². The summed E-state index contributed by atoms with van der Waals surface area (Å²) in [6.45, 7) is 4.99. The van der Waals surface area contributed by atoms with Crippen molar-refractivity contribution >= 4 is 17.5 Å². The van der Waals surface area contributed by atoms with Crippen molar-refractivity contribution in [3.63, 3.8) is 0 Å². The van der Waals surface area contributed by atoms with Crippen LogP contribution in [0.5, 0.6) is 5.75 Å². The largest absolute Gasteiger partial charge is 0.495 e. The first-order chi connectivity index (χ1) is 11.7. The Kier molecular flexibility index (Phi) is 5.26. The third-order valence-corrected chi connectivity index (χ3v) is 3.88. The zero-order chi connectivity index (χ0) is 18.7. The molecule has 0 aliphatic rings. The molecule has 1 aromatic heterocycles. The van der Waals surface area contributed by atoms with Gasteiger partial charge in [-0.2, -0.15) is 0 Å².